The van der Waals surface area contributed by atoms with Crippen LogP contribution >= 0.6 is 0 Å². The summed E-state index contributed by atoms with van der Waals surface area (Å²) in [5, 5.41) is 2.86. The van der Waals surface area contributed by atoms with Crippen molar-refractivity contribution in [2.45, 2.75) is 44.4 Å². The molecule has 0 saturated carbocycles. The fourth-order valence-electron chi connectivity index (χ4n) is 3.81. The van der Waals surface area contributed by atoms with E-state index in [-0.39, 0.29) is 35.8 Å². The lowest BCUT2D eigenvalue weighted by Crippen LogP contribution is -2.41. The number of nitrogens with one attached hydrogen (secondary N) is 1. The monoisotopic (exact) mass is 488 g/mol. The predicted molar refractivity (Wildman–Crippen MR) is 129 cm³/mol. The van der Waals surface area contributed by atoms with E-state index in [4.69, 9.17) is 9.47 Å². The highest BCUT2D eigenvalue weighted by Crippen LogP contribution is 2.31. The molecule has 1 amide bonds. The summed E-state index contributed by atoms with van der Waals surface area (Å²) < 4.78 is 38.2. The molecule has 0 unspecified atom stereocenters. The molecule has 0 aromatic heterocycles. The average molecular weight is 489 g/mol. The molecule has 0 atom stereocenters. The van der Waals surface area contributed by atoms with Crippen LogP contribution in [0.3, 0.4) is 0 Å². The smallest absolute Gasteiger partial charge is 0.338 e. The topological polar surface area (TPSA) is 102 Å². The number of benzene rings is 2. The molecule has 1 N–H and O–H groups in total. The highest BCUT2D eigenvalue weighted by atomic mass is 32.2. The van der Waals surface area contributed by atoms with Crippen LogP contribution < -0.4 is 10.1 Å². The number of hydrogen-bond donors (Lipinski definition) is 1. The van der Waals surface area contributed by atoms with E-state index >= 15 is 0 Å². The summed E-state index contributed by atoms with van der Waals surface area (Å²) in [6, 6.07) is 11.6. The van der Waals surface area contributed by atoms with E-state index < -0.39 is 10.0 Å². The Morgan fingerprint density at radius 1 is 1.09 bits per heavy atom. The average Bonchev–Trinajstić information content (AvgIpc) is 2.84. The van der Waals surface area contributed by atoms with Crippen LogP contribution in [0.1, 0.15) is 48.5 Å². The second-order valence-corrected chi connectivity index (χ2v) is 10.3. The van der Waals surface area contributed by atoms with E-state index in [2.05, 4.69) is 5.32 Å². The quantitative estimate of drug-likeness (QED) is 0.423. The zero-order valence-corrected chi connectivity index (χ0v) is 20.7. The first-order valence-corrected chi connectivity index (χ1v) is 12.9. The number of ether oxygens (including phenoxy) is 2. The Bertz CT molecular complexity index is 1110. The van der Waals surface area contributed by atoms with Crippen molar-refractivity contribution in [3.63, 3.8) is 0 Å². The van der Waals surface area contributed by atoms with Gasteiger partial charge in [-0.15, -0.1) is 0 Å². The number of sulfonamides is 1. The molecule has 1 heterocycles. The third kappa shape index (κ3) is 6.15. The van der Waals surface area contributed by atoms with Gasteiger partial charge in [0.2, 0.25) is 15.9 Å². The Labute approximate surface area is 201 Å². The fraction of sp³-hybridized carbons (Fsp3) is 0.440. The molecule has 34 heavy (non-hydrogen) atoms. The van der Waals surface area contributed by atoms with E-state index in [1.807, 2.05) is 13.8 Å². The largest absolute Gasteiger partial charge is 0.495 e. The van der Waals surface area contributed by atoms with Crippen LogP contribution in [-0.4, -0.2) is 51.4 Å². The van der Waals surface area contributed by atoms with Crippen LogP contribution in [0.4, 0.5) is 5.69 Å². The van der Waals surface area contributed by atoms with Gasteiger partial charge in [0.15, 0.2) is 0 Å². The van der Waals surface area contributed by atoms with Crippen LogP contribution in [-0.2, 0) is 19.6 Å². The van der Waals surface area contributed by atoms with Gasteiger partial charge in [0.05, 0.1) is 19.3 Å². The number of unbranched alkanes of at least 4 members (excludes halogenated alkanes) is 1. The van der Waals surface area contributed by atoms with Crippen LogP contribution in [0.25, 0.3) is 0 Å². The van der Waals surface area contributed by atoms with Gasteiger partial charge in [0.25, 0.3) is 0 Å². The molecule has 2 aromatic rings. The number of amides is 1. The zero-order valence-electron chi connectivity index (χ0n) is 19.9. The summed E-state index contributed by atoms with van der Waals surface area (Å²) >= 11 is 0. The first kappa shape index (κ1) is 25.7. The van der Waals surface area contributed by atoms with Crippen molar-refractivity contribution in [2.24, 2.45) is 5.92 Å². The Hall–Kier alpha value is -2.91. The van der Waals surface area contributed by atoms with Gasteiger partial charge in [0, 0.05) is 24.7 Å². The van der Waals surface area contributed by atoms with Crippen molar-refractivity contribution in [3.05, 3.63) is 53.6 Å². The molecule has 9 heteroatoms. The van der Waals surface area contributed by atoms with Gasteiger partial charge in [-0.2, -0.15) is 4.31 Å². The van der Waals surface area contributed by atoms with E-state index in [1.54, 1.807) is 42.5 Å². The van der Waals surface area contributed by atoms with E-state index in [1.165, 1.54) is 11.4 Å². The molecule has 184 valence electrons. The molecular weight excluding hydrogens is 456 g/mol. The van der Waals surface area contributed by atoms with Crippen LogP contribution in [0.5, 0.6) is 5.75 Å². The van der Waals surface area contributed by atoms with Gasteiger partial charge in [-0.05, 0) is 68.1 Å². The van der Waals surface area contributed by atoms with Gasteiger partial charge in [-0.3, -0.25) is 4.79 Å². The first-order chi connectivity index (χ1) is 16.3. The second kappa shape index (κ2) is 11.5. The maximum atomic E-state index is 13.2. The number of esters is 1. The SMILES string of the molecule is CCCCOC(=O)c1ccc(NC(=O)C2CCN(S(=O)(=O)c3cc(C)ccc3OC)CC2)cc1. The Morgan fingerprint density at radius 2 is 1.76 bits per heavy atom. The maximum absolute atomic E-state index is 13.2. The fourth-order valence-corrected chi connectivity index (χ4v) is 5.52. The minimum absolute atomic E-state index is 0.145. The number of hydrogen-bond acceptors (Lipinski definition) is 6. The predicted octanol–water partition coefficient (Wildman–Crippen LogP) is 4.00. The van der Waals surface area contributed by atoms with Gasteiger partial charge >= 0.3 is 5.97 Å². The van der Waals surface area contributed by atoms with Gasteiger partial charge in [0.1, 0.15) is 10.6 Å². The standard InChI is InChI=1S/C25H32N2O6S/c1-4-5-16-33-25(29)20-7-9-21(10-8-20)26-24(28)19-12-14-27(15-13-19)34(30,31)23-17-18(2)6-11-22(23)32-3/h6-11,17,19H,4-5,12-16H2,1-3H3,(H,26,28). The van der Waals surface area contributed by atoms with E-state index in [0.717, 1.165) is 18.4 Å². The zero-order chi connectivity index (χ0) is 24.7. The Balaban J connectivity index is 1.57. The minimum Gasteiger partial charge on any atom is -0.495 e. The summed E-state index contributed by atoms with van der Waals surface area (Å²) in [4.78, 5) is 24.9. The number of nitrogens with zero attached hydrogens (tertiary/aromatic N) is 1. The normalized spacial score (nSPS) is 15.0. The van der Waals surface area contributed by atoms with Crippen molar-refractivity contribution >= 4 is 27.6 Å². The summed E-state index contributed by atoms with van der Waals surface area (Å²) in [7, 11) is -2.28. The second-order valence-electron chi connectivity index (χ2n) is 8.39. The molecule has 2 aromatic carbocycles. The third-order valence-electron chi connectivity index (χ3n) is 5.88. The highest BCUT2D eigenvalue weighted by Gasteiger charge is 2.33. The highest BCUT2D eigenvalue weighted by molar-refractivity contribution is 7.89. The van der Waals surface area contributed by atoms with Crippen molar-refractivity contribution in [3.8, 4) is 5.75 Å². The maximum Gasteiger partial charge on any atom is 0.338 e. The molecule has 1 aliphatic heterocycles. The summed E-state index contributed by atoms with van der Waals surface area (Å²) in [5.74, 6) is -0.540. The van der Waals surface area contributed by atoms with Crippen LogP contribution in [0.15, 0.2) is 47.4 Å². The van der Waals surface area contributed by atoms with Gasteiger partial charge in [-0.25, -0.2) is 13.2 Å². The molecule has 0 spiro atoms. The lowest BCUT2D eigenvalue weighted by atomic mass is 9.97. The molecule has 3 rings (SSSR count). The lowest BCUT2D eigenvalue weighted by Gasteiger charge is -2.31. The number of rotatable bonds is 9. The van der Waals surface area contributed by atoms with Crippen molar-refractivity contribution in [1.29, 1.82) is 0 Å². The van der Waals surface area contributed by atoms with Gasteiger partial charge in [-0.1, -0.05) is 19.4 Å². The van der Waals surface area contributed by atoms with Gasteiger partial charge < -0.3 is 14.8 Å². The van der Waals surface area contributed by atoms with E-state index in [9.17, 15) is 18.0 Å². The van der Waals surface area contributed by atoms with Crippen molar-refractivity contribution in [2.75, 3.05) is 32.1 Å². The summed E-state index contributed by atoms with van der Waals surface area (Å²) in [6.07, 6.45) is 2.60. The molecule has 1 fully saturated rings. The molecule has 1 aliphatic rings. The Morgan fingerprint density at radius 3 is 2.38 bits per heavy atom. The van der Waals surface area contributed by atoms with Crippen molar-refractivity contribution < 1.29 is 27.5 Å². The third-order valence-corrected chi connectivity index (χ3v) is 7.80. The molecule has 0 radical (unpaired) electrons. The molecule has 1 saturated heterocycles. The number of carbonyl (C=O) groups excluding carboxylic acids is 2. The summed E-state index contributed by atoms with van der Waals surface area (Å²) in [5.41, 5.74) is 1.84. The van der Waals surface area contributed by atoms with E-state index in [0.29, 0.717) is 36.4 Å². The van der Waals surface area contributed by atoms with Crippen LogP contribution in [0.2, 0.25) is 0 Å². The lowest BCUT2D eigenvalue weighted by molar-refractivity contribution is -0.120. The number of carbonyl (C=O) groups is 2. The molecule has 0 bridgehead atoms. The number of anilines is 1. The first-order valence-electron chi connectivity index (χ1n) is 11.5. The minimum atomic E-state index is -3.72. The summed E-state index contributed by atoms with van der Waals surface area (Å²) in [6.45, 7) is 4.74. The number of aryl methyl sites for hydroxylation is 1. The molecular formula is C25H32N2O6S. The van der Waals surface area contributed by atoms with Crippen LogP contribution in [0, 0.1) is 12.8 Å². The Kier molecular flexibility index (Phi) is 8.68. The molecule has 8 nitrogen and oxygen atoms in total. The molecule has 0 aliphatic carbocycles. The number of piperidine rings is 1. The number of methoxy groups -OCH3 is 1. The van der Waals surface area contributed by atoms with Crippen molar-refractivity contribution in [1.82, 2.24) is 4.31 Å².